The molecule has 2 aromatic carbocycles. The summed E-state index contributed by atoms with van der Waals surface area (Å²) >= 11 is 0. The lowest BCUT2D eigenvalue weighted by molar-refractivity contribution is -0.141. The molecule has 0 aliphatic carbocycles. The van der Waals surface area contributed by atoms with Crippen molar-refractivity contribution in [1.29, 1.82) is 0 Å². The summed E-state index contributed by atoms with van der Waals surface area (Å²) in [7, 11) is 0. The summed E-state index contributed by atoms with van der Waals surface area (Å²) in [4.78, 5) is 28.5. The van der Waals surface area contributed by atoms with Gasteiger partial charge in [0.2, 0.25) is 0 Å². The molecular weight excluding hydrogens is 242 g/mol. The highest BCUT2D eigenvalue weighted by molar-refractivity contribution is 6.05. The molecule has 0 aliphatic rings. The standard InChI is InChI=1S/C15H13NO3/c1-12(17)19-16(14-10-6-3-7-11-14)15(18)13-8-4-2-5-9-13/h2-11H,1H3. The molecule has 96 valence electrons. The van der Waals surface area contributed by atoms with E-state index in [4.69, 9.17) is 4.84 Å². The van der Waals surface area contributed by atoms with Crippen LogP contribution in [0.25, 0.3) is 0 Å². The van der Waals surface area contributed by atoms with Crippen molar-refractivity contribution in [3.8, 4) is 0 Å². The Morgan fingerprint density at radius 3 is 1.95 bits per heavy atom. The first kappa shape index (κ1) is 12.8. The van der Waals surface area contributed by atoms with Gasteiger partial charge in [0.25, 0.3) is 5.91 Å². The first-order chi connectivity index (χ1) is 9.18. The molecule has 2 rings (SSSR count). The molecule has 19 heavy (non-hydrogen) atoms. The van der Waals surface area contributed by atoms with Crippen LogP contribution < -0.4 is 5.06 Å². The number of hydrogen-bond acceptors (Lipinski definition) is 3. The second-order valence-electron chi connectivity index (χ2n) is 3.88. The van der Waals surface area contributed by atoms with Crippen molar-refractivity contribution in [2.24, 2.45) is 0 Å². The maximum absolute atomic E-state index is 12.3. The summed E-state index contributed by atoms with van der Waals surface area (Å²) in [6.07, 6.45) is 0. The maximum atomic E-state index is 12.3. The second kappa shape index (κ2) is 5.82. The van der Waals surface area contributed by atoms with E-state index in [1.165, 1.54) is 6.92 Å². The van der Waals surface area contributed by atoms with Crippen LogP contribution in [0.1, 0.15) is 17.3 Å². The van der Waals surface area contributed by atoms with Gasteiger partial charge in [-0.2, -0.15) is 0 Å². The van der Waals surface area contributed by atoms with Crippen molar-refractivity contribution in [3.05, 3.63) is 66.2 Å². The summed E-state index contributed by atoms with van der Waals surface area (Å²) in [5.74, 6) is -0.935. The number of rotatable bonds is 2. The topological polar surface area (TPSA) is 46.6 Å². The summed E-state index contributed by atoms with van der Waals surface area (Å²) in [6.45, 7) is 1.26. The molecule has 4 heteroatoms. The van der Waals surface area contributed by atoms with Crippen molar-refractivity contribution in [3.63, 3.8) is 0 Å². The van der Waals surface area contributed by atoms with E-state index in [-0.39, 0.29) is 5.91 Å². The van der Waals surface area contributed by atoms with Crippen LogP contribution in [0, 0.1) is 0 Å². The maximum Gasteiger partial charge on any atom is 0.330 e. The zero-order chi connectivity index (χ0) is 13.7. The molecule has 0 heterocycles. The number of nitrogens with zero attached hydrogens (tertiary/aromatic N) is 1. The van der Waals surface area contributed by atoms with Crippen LogP contribution in [0.15, 0.2) is 60.7 Å². The Morgan fingerprint density at radius 1 is 0.895 bits per heavy atom. The van der Waals surface area contributed by atoms with Crippen molar-refractivity contribution in [2.45, 2.75) is 6.92 Å². The number of carbonyl (C=O) groups is 2. The highest BCUT2D eigenvalue weighted by Crippen LogP contribution is 2.17. The molecule has 0 bridgehead atoms. The van der Waals surface area contributed by atoms with Crippen LogP contribution in [-0.4, -0.2) is 11.9 Å². The van der Waals surface area contributed by atoms with E-state index in [9.17, 15) is 9.59 Å². The minimum atomic E-state index is -0.548. The summed E-state index contributed by atoms with van der Waals surface area (Å²) < 4.78 is 0. The molecule has 0 unspecified atom stereocenters. The van der Waals surface area contributed by atoms with Gasteiger partial charge in [-0.15, -0.1) is 5.06 Å². The van der Waals surface area contributed by atoms with E-state index in [1.807, 2.05) is 12.1 Å². The lowest BCUT2D eigenvalue weighted by Crippen LogP contribution is -2.32. The van der Waals surface area contributed by atoms with Gasteiger partial charge in [0.15, 0.2) is 0 Å². The Hall–Kier alpha value is -2.62. The molecule has 0 spiro atoms. The molecule has 0 N–H and O–H groups in total. The first-order valence-corrected chi connectivity index (χ1v) is 5.81. The van der Waals surface area contributed by atoms with Gasteiger partial charge in [-0.25, -0.2) is 4.79 Å². The van der Waals surface area contributed by atoms with Gasteiger partial charge in [0, 0.05) is 12.5 Å². The van der Waals surface area contributed by atoms with E-state index < -0.39 is 5.97 Å². The van der Waals surface area contributed by atoms with Crippen LogP contribution in [0.4, 0.5) is 5.69 Å². The van der Waals surface area contributed by atoms with Gasteiger partial charge >= 0.3 is 5.97 Å². The third-order valence-electron chi connectivity index (χ3n) is 2.42. The minimum Gasteiger partial charge on any atom is -0.333 e. The Morgan fingerprint density at radius 2 is 1.42 bits per heavy atom. The quantitative estimate of drug-likeness (QED) is 0.775. The third kappa shape index (κ3) is 3.19. The van der Waals surface area contributed by atoms with Crippen molar-refractivity contribution >= 4 is 17.6 Å². The molecule has 0 fully saturated rings. The number of amides is 1. The summed E-state index contributed by atoms with van der Waals surface area (Å²) in [5, 5.41) is 0.998. The summed E-state index contributed by atoms with van der Waals surface area (Å²) in [6, 6.07) is 17.4. The Balaban J connectivity index is 2.33. The molecular formula is C15H13NO3. The predicted octanol–water partition coefficient (Wildman–Crippen LogP) is 2.81. The molecule has 0 saturated carbocycles. The number of para-hydroxylation sites is 1. The number of hydrogen-bond donors (Lipinski definition) is 0. The van der Waals surface area contributed by atoms with Crippen LogP contribution in [0.3, 0.4) is 0 Å². The SMILES string of the molecule is CC(=O)ON(C(=O)c1ccccc1)c1ccccc1. The lowest BCUT2D eigenvalue weighted by Gasteiger charge is -2.20. The van der Waals surface area contributed by atoms with E-state index in [2.05, 4.69) is 0 Å². The normalized spacial score (nSPS) is 9.74. The fourth-order valence-electron chi connectivity index (χ4n) is 1.60. The first-order valence-electron chi connectivity index (χ1n) is 5.81. The van der Waals surface area contributed by atoms with Crippen molar-refractivity contribution < 1.29 is 14.4 Å². The molecule has 0 radical (unpaired) electrons. The summed E-state index contributed by atoms with van der Waals surface area (Å²) in [5.41, 5.74) is 0.958. The molecule has 2 aromatic rings. The monoisotopic (exact) mass is 255 g/mol. The predicted molar refractivity (Wildman–Crippen MR) is 71.5 cm³/mol. The Kier molecular flexibility index (Phi) is 3.93. The number of anilines is 1. The Bertz CT molecular complexity index is 566. The number of carbonyl (C=O) groups excluding carboxylic acids is 2. The lowest BCUT2D eigenvalue weighted by atomic mass is 10.2. The average molecular weight is 255 g/mol. The minimum absolute atomic E-state index is 0.387. The van der Waals surface area contributed by atoms with Gasteiger partial charge in [0.1, 0.15) is 0 Å². The van der Waals surface area contributed by atoms with E-state index in [0.717, 1.165) is 5.06 Å². The molecule has 1 amide bonds. The largest absolute Gasteiger partial charge is 0.333 e. The van der Waals surface area contributed by atoms with Gasteiger partial charge in [0.05, 0.1) is 5.69 Å². The number of benzene rings is 2. The molecule has 0 saturated heterocycles. The van der Waals surface area contributed by atoms with Crippen LogP contribution in [-0.2, 0) is 9.63 Å². The molecule has 0 aromatic heterocycles. The van der Waals surface area contributed by atoms with E-state index >= 15 is 0 Å². The van der Waals surface area contributed by atoms with Crippen LogP contribution in [0.5, 0.6) is 0 Å². The molecule has 0 atom stereocenters. The van der Waals surface area contributed by atoms with Crippen molar-refractivity contribution in [2.75, 3.05) is 5.06 Å². The molecule has 0 aliphatic heterocycles. The van der Waals surface area contributed by atoms with Crippen LogP contribution >= 0.6 is 0 Å². The van der Waals surface area contributed by atoms with Gasteiger partial charge in [-0.05, 0) is 24.3 Å². The van der Waals surface area contributed by atoms with Gasteiger partial charge in [-0.3, -0.25) is 4.79 Å². The fourth-order valence-corrected chi connectivity index (χ4v) is 1.60. The van der Waals surface area contributed by atoms with Gasteiger partial charge < -0.3 is 4.84 Å². The van der Waals surface area contributed by atoms with E-state index in [0.29, 0.717) is 11.3 Å². The van der Waals surface area contributed by atoms with Crippen molar-refractivity contribution in [1.82, 2.24) is 0 Å². The van der Waals surface area contributed by atoms with E-state index in [1.54, 1.807) is 48.5 Å². The fraction of sp³-hybridized carbons (Fsp3) is 0.0667. The number of hydroxylamine groups is 1. The smallest absolute Gasteiger partial charge is 0.330 e. The Labute approximate surface area is 111 Å². The third-order valence-corrected chi connectivity index (χ3v) is 2.42. The second-order valence-corrected chi connectivity index (χ2v) is 3.88. The zero-order valence-corrected chi connectivity index (χ0v) is 10.4. The van der Waals surface area contributed by atoms with Gasteiger partial charge in [-0.1, -0.05) is 36.4 Å². The zero-order valence-electron chi connectivity index (χ0n) is 10.4. The van der Waals surface area contributed by atoms with Crippen LogP contribution in [0.2, 0.25) is 0 Å². The average Bonchev–Trinajstić information content (AvgIpc) is 2.46. The molecule has 4 nitrogen and oxygen atoms in total. The highest BCUT2D eigenvalue weighted by atomic mass is 16.7. The highest BCUT2D eigenvalue weighted by Gasteiger charge is 2.20.